The van der Waals surface area contributed by atoms with Crippen LogP contribution in [0.5, 0.6) is 5.88 Å². The summed E-state index contributed by atoms with van der Waals surface area (Å²) in [5, 5.41) is 12.1. The minimum atomic E-state index is -0.981. The minimum absolute atomic E-state index is 0.0782. The van der Waals surface area contributed by atoms with E-state index in [9.17, 15) is 9.59 Å². The standard InChI is InChI=1S/C19H18N4O4S/c1-23(2)17(24)11-4-6-12(7-5-11)21-19-20-10-13(16(22-19)27-3)14-8-9-15(28-14)18(25)26/h4-10H,1-3H3,(H,25,26)(H,20,21,22). The summed E-state index contributed by atoms with van der Waals surface area (Å²) in [6.45, 7) is 0. The number of nitrogens with zero attached hydrogens (tertiary/aromatic N) is 3. The summed E-state index contributed by atoms with van der Waals surface area (Å²) in [7, 11) is 4.88. The third kappa shape index (κ3) is 4.09. The molecule has 3 rings (SSSR count). The van der Waals surface area contributed by atoms with Gasteiger partial charge in [-0.2, -0.15) is 4.98 Å². The maximum absolute atomic E-state index is 11.9. The molecule has 0 saturated carbocycles. The Morgan fingerprint density at radius 3 is 2.43 bits per heavy atom. The molecule has 0 aliphatic heterocycles. The lowest BCUT2D eigenvalue weighted by molar-refractivity contribution is 0.0701. The molecule has 0 spiro atoms. The lowest BCUT2D eigenvalue weighted by Crippen LogP contribution is -2.21. The summed E-state index contributed by atoms with van der Waals surface area (Å²) in [6.07, 6.45) is 1.58. The van der Waals surface area contributed by atoms with Gasteiger partial charge < -0.3 is 20.1 Å². The fourth-order valence-corrected chi connectivity index (χ4v) is 3.28. The number of thiophene rings is 1. The van der Waals surface area contributed by atoms with Crippen molar-refractivity contribution in [3.8, 4) is 16.3 Å². The summed E-state index contributed by atoms with van der Waals surface area (Å²) < 4.78 is 5.34. The van der Waals surface area contributed by atoms with Crippen molar-refractivity contribution in [3.05, 3.63) is 53.0 Å². The Balaban J connectivity index is 1.82. The van der Waals surface area contributed by atoms with Crippen molar-refractivity contribution >= 4 is 34.8 Å². The van der Waals surface area contributed by atoms with Crippen LogP contribution in [0, 0.1) is 0 Å². The quantitative estimate of drug-likeness (QED) is 0.656. The molecular formula is C19H18N4O4S. The third-order valence-corrected chi connectivity index (χ3v) is 4.93. The van der Waals surface area contributed by atoms with E-state index in [1.807, 2.05) is 0 Å². The second-order valence-electron chi connectivity index (χ2n) is 5.99. The summed E-state index contributed by atoms with van der Waals surface area (Å²) in [5.74, 6) is -0.408. The summed E-state index contributed by atoms with van der Waals surface area (Å²) in [4.78, 5) is 34.1. The summed E-state index contributed by atoms with van der Waals surface area (Å²) in [5.41, 5.74) is 1.91. The van der Waals surface area contributed by atoms with Gasteiger partial charge >= 0.3 is 5.97 Å². The van der Waals surface area contributed by atoms with Gasteiger partial charge in [-0.15, -0.1) is 11.3 Å². The molecular weight excluding hydrogens is 380 g/mol. The molecule has 144 valence electrons. The molecule has 0 unspecified atom stereocenters. The molecule has 0 fully saturated rings. The van der Waals surface area contributed by atoms with Crippen molar-refractivity contribution < 1.29 is 19.4 Å². The second-order valence-corrected chi connectivity index (χ2v) is 7.07. The molecule has 2 aromatic heterocycles. The average Bonchev–Trinajstić information content (AvgIpc) is 3.18. The molecule has 28 heavy (non-hydrogen) atoms. The molecule has 1 amide bonds. The van der Waals surface area contributed by atoms with Crippen LogP contribution in [0.15, 0.2) is 42.6 Å². The Morgan fingerprint density at radius 2 is 1.86 bits per heavy atom. The van der Waals surface area contributed by atoms with Crippen LogP contribution in [0.1, 0.15) is 20.0 Å². The number of ether oxygens (including phenoxy) is 1. The number of carbonyl (C=O) groups excluding carboxylic acids is 1. The highest BCUT2D eigenvalue weighted by molar-refractivity contribution is 7.17. The van der Waals surface area contributed by atoms with E-state index >= 15 is 0 Å². The highest BCUT2D eigenvalue weighted by atomic mass is 32.1. The highest BCUT2D eigenvalue weighted by Gasteiger charge is 2.15. The van der Waals surface area contributed by atoms with Crippen LogP contribution >= 0.6 is 11.3 Å². The average molecular weight is 398 g/mol. The van der Waals surface area contributed by atoms with Gasteiger partial charge in [-0.3, -0.25) is 4.79 Å². The predicted octanol–water partition coefficient (Wildman–Crippen LogP) is 3.36. The summed E-state index contributed by atoms with van der Waals surface area (Å²) in [6, 6.07) is 10.2. The van der Waals surface area contributed by atoms with Crippen LogP contribution in [0.2, 0.25) is 0 Å². The zero-order chi connectivity index (χ0) is 20.3. The molecule has 0 saturated heterocycles. The molecule has 9 heteroatoms. The van der Waals surface area contributed by atoms with E-state index in [0.717, 1.165) is 17.0 Å². The van der Waals surface area contributed by atoms with Crippen molar-refractivity contribution in [3.63, 3.8) is 0 Å². The SMILES string of the molecule is COc1nc(Nc2ccc(C(=O)N(C)C)cc2)ncc1-c1ccc(C(=O)O)s1. The molecule has 0 bridgehead atoms. The topological polar surface area (TPSA) is 105 Å². The molecule has 3 aromatic rings. The number of amides is 1. The van der Waals surface area contributed by atoms with Gasteiger partial charge in [0.15, 0.2) is 0 Å². The molecule has 0 aliphatic carbocycles. The number of carboxylic acid groups (broad SMARTS) is 1. The largest absolute Gasteiger partial charge is 0.480 e. The molecule has 2 heterocycles. The molecule has 2 N–H and O–H groups in total. The van der Waals surface area contributed by atoms with E-state index in [0.29, 0.717) is 27.8 Å². The highest BCUT2D eigenvalue weighted by Crippen LogP contribution is 2.34. The van der Waals surface area contributed by atoms with E-state index in [2.05, 4.69) is 15.3 Å². The van der Waals surface area contributed by atoms with Crippen molar-refractivity contribution in [1.29, 1.82) is 0 Å². The van der Waals surface area contributed by atoms with Crippen molar-refractivity contribution in [2.24, 2.45) is 0 Å². The number of anilines is 2. The van der Waals surface area contributed by atoms with Crippen LogP contribution < -0.4 is 10.1 Å². The molecule has 0 aliphatic rings. The van der Waals surface area contributed by atoms with Gasteiger partial charge in [-0.05, 0) is 36.4 Å². The second kappa shape index (κ2) is 8.05. The van der Waals surface area contributed by atoms with Gasteiger partial charge in [0, 0.05) is 36.4 Å². The Kier molecular flexibility index (Phi) is 5.55. The Labute approximate surface area is 165 Å². The predicted molar refractivity (Wildman–Crippen MR) is 107 cm³/mol. The number of carboxylic acids is 1. The van der Waals surface area contributed by atoms with Gasteiger partial charge in [0.2, 0.25) is 11.8 Å². The van der Waals surface area contributed by atoms with Crippen LogP contribution in [0.3, 0.4) is 0 Å². The number of aromatic nitrogens is 2. The zero-order valence-corrected chi connectivity index (χ0v) is 16.3. The van der Waals surface area contributed by atoms with Gasteiger partial charge in [0.25, 0.3) is 5.91 Å². The fraction of sp³-hybridized carbons (Fsp3) is 0.158. The fourth-order valence-electron chi connectivity index (χ4n) is 2.43. The van der Waals surface area contributed by atoms with Gasteiger partial charge in [-0.1, -0.05) is 0 Å². The number of benzene rings is 1. The van der Waals surface area contributed by atoms with Crippen LogP contribution in [-0.4, -0.2) is 53.1 Å². The van der Waals surface area contributed by atoms with Crippen LogP contribution in [0.25, 0.3) is 10.4 Å². The first-order valence-corrected chi connectivity index (χ1v) is 9.04. The van der Waals surface area contributed by atoms with E-state index in [4.69, 9.17) is 9.84 Å². The number of nitrogens with one attached hydrogen (secondary N) is 1. The number of methoxy groups -OCH3 is 1. The third-order valence-electron chi connectivity index (χ3n) is 3.82. The first-order chi connectivity index (χ1) is 13.4. The van der Waals surface area contributed by atoms with Crippen LogP contribution in [-0.2, 0) is 0 Å². The number of hydrogen-bond donors (Lipinski definition) is 2. The Hall–Kier alpha value is -3.46. The van der Waals surface area contributed by atoms with E-state index < -0.39 is 5.97 Å². The maximum Gasteiger partial charge on any atom is 0.345 e. The lowest BCUT2D eigenvalue weighted by atomic mass is 10.2. The molecule has 1 aromatic carbocycles. The first-order valence-electron chi connectivity index (χ1n) is 8.22. The van der Waals surface area contributed by atoms with Gasteiger partial charge in [0.1, 0.15) is 4.88 Å². The van der Waals surface area contributed by atoms with Crippen LogP contribution in [0.4, 0.5) is 11.6 Å². The molecule has 0 atom stereocenters. The molecule has 8 nitrogen and oxygen atoms in total. The van der Waals surface area contributed by atoms with E-state index in [-0.39, 0.29) is 10.8 Å². The summed E-state index contributed by atoms with van der Waals surface area (Å²) >= 11 is 1.12. The minimum Gasteiger partial charge on any atom is -0.480 e. The number of aromatic carboxylic acids is 1. The zero-order valence-electron chi connectivity index (χ0n) is 15.5. The lowest BCUT2D eigenvalue weighted by Gasteiger charge is -2.11. The maximum atomic E-state index is 11.9. The Morgan fingerprint density at radius 1 is 1.14 bits per heavy atom. The van der Waals surface area contributed by atoms with E-state index in [1.54, 1.807) is 50.6 Å². The number of rotatable bonds is 6. The monoisotopic (exact) mass is 398 g/mol. The molecule has 0 radical (unpaired) electrons. The smallest absolute Gasteiger partial charge is 0.345 e. The van der Waals surface area contributed by atoms with Gasteiger partial charge in [0.05, 0.1) is 12.7 Å². The van der Waals surface area contributed by atoms with Gasteiger partial charge in [-0.25, -0.2) is 9.78 Å². The number of hydrogen-bond acceptors (Lipinski definition) is 7. The van der Waals surface area contributed by atoms with Crippen molar-refractivity contribution in [1.82, 2.24) is 14.9 Å². The van der Waals surface area contributed by atoms with Crippen molar-refractivity contribution in [2.75, 3.05) is 26.5 Å². The Bertz CT molecular complexity index is 1020. The van der Waals surface area contributed by atoms with Crippen molar-refractivity contribution in [2.45, 2.75) is 0 Å². The van der Waals surface area contributed by atoms with E-state index in [1.165, 1.54) is 18.1 Å². The normalized spacial score (nSPS) is 10.4. The number of carbonyl (C=O) groups is 2. The first kappa shape index (κ1) is 19.3.